The predicted molar refractivity (Wildman–Crippen MR) is 110 cm³/mol. The van der Waals surface area contributed by atoms with Gasteiger partial charge in [-0.15, -0.1) is 0 Å². The lowest BCUT2D eigenvalue weighted by Crippen LogP contribution is -2.45. The molecule has 3 aliphatic heterocycles. The van der Waals surface area contributed by atoms with Gasteiger partial charge in [0.15, 0.2) is 15.6 Å². The van der Waals surface area contributed by atoms with Gasteiger partial charge in [0.25, 0.3) is 0 Å². The van der Waals surface area contributed by atoms with Crippen molar-refractivity contribution >= 4 is 27.4 Å². The van der Waals surface area contributed by atoms with Gasteiger partial charge in [0.1, 0.15) is 16.8 Å². The Morgan fingerprint density at radius 3 is 2.66 bits per heavy atom. The number of hydrogen-bond donors (Lipinski definition) is 2. The Labute approximate surface area is 185 Å². The summed E-state index contributed by atoms with van der Waals surface area (Å²) in [5.74, 6) is -2.05. The molecule has 1 aromatic heterocycles. The molecule has 0 saturated carbocycles. The first-order valence-electron chi connectivity index (χ1n) is 10.3. The fourth-order valence-corrected chi connectivity index (χ4v) is 5.85. The van der Waals surface area contributed by atoms with E-state index in [-0.39, 0.29) is 54.6 Å². The summed E-state index contributed by atoms with van der Waals surface area (Å²) >= 11 is 0. The van der Waals surface area contributed by atoms with Gasteiger partial charge in [-0.3, -0.25) is 24.3 Å². The number of aromatic nitrogens is 1. The number of pyridine rings is 1. The van der Waals surface area contributed by atoms with Gasteiger partial charge in [0.2, 0.25) is 11.8 Å². The van der Waals surface area contributed by atoms with E-state index < -0.39 is 26.9 Å². The van der Waals surface area contributed by atoms with E-state index in [1.54, 1.807) is 4.90 Å². The third-order valence-electron chi connectivity index (χ3n) is 5.72. The molecule has 0 radical (unpaired) electrons. The largest absolute Gasteiger partial charge is 0.506 e. The average molecular weight is 465 g/mol. The molecule has 1 fully saturated rings. The van der Waals surface area contributed by atoms with E-state index >= 15 is 0 Å². The number of nitrogens with zero attached hydrogens (tertiary/aromatic N) is 3. The van der Waals surface area contributed by atoms with Crippen LogP contribution in [-0.4, -0.2) is 84.1 Å². The van der Waals surface area contributed by atoms with Crippen LogP contribution in [0.5, 0.6) is 5.75 Å². The predicted octanol–water partition coefficient (Wildman–Crippen LogP) is -0.717. The molecule has 0 spiro atoms. The summed E-state index contributed by atoms with van der Waals surface area (Å²) in [6.07, 6.45) is 0.997. The fourth-order valence-electron chi connectivity index (χ4n) is 4.09. The maximum absolute atomic E-state index is 13.2. The third kappa shape index (κ3) is 4.32. The highest BCUT2D eigenvalue weighted by atomic mass is 32.2. The lowest BCUT2D eigenvalue weighted by molar-refractivity contribution is -0.139. The number of Topliss-reactive ketones (excluding diaryl/α,β-unsaturated/α-hetero) is 1. The number of nitrogens with one attached hydrogen (secondary N) is 1. The van der Waals surface area contributed by atoms with Gasteiger partial charge in [0, 0.05) is 44.2 Å². The molecule has 4 rings (SSSR count). The molecule has 2 amide bonds. The van der Waals surface area contributed by atoms with Crippen molar-refractivity contribution in [1.82, 2.24) is 20.1 Å². The minimum absolute atomic E-state index is 0.00501. The normalized spacial score (nSPS) is 21.0. The molecule has 1 saturated heterocycles. The van der Waals surface area contributed by atoms with Crippen molar-refractivity contribution in [2.24, 2.45) is 0 Å². The minimum atomic E-state index is -4.02. The summed E-state index contributed by atoms with van der Waals surface area (Å²) in [6.45, 7) is 1.75. The standard InChI is InChI=1S/C20H24N4O7S/c25-15-2-1-5-21-14(15)12-32(29,30)19-10-13-20(16(26)11-22-13)24(19)18(28)4-3-17(27)23-6-8-31-9-7-23/h1-2,5,19,22,25H,3-4,6-12H2. The van der Waals surface area contributed by atoms with E-state index in [0.717, 1.165) is 4.90 Å². The second kappa shape index (κ2) is 8.87. The molecule has 2 N–H and O–H groups in total. The molecule has 11 nitrogen and oxygen atoms in total. The zero-order valence-corrected chi connectivity index (χ0v) is 18.1. The maximum Gasteiger partial charge on any atom is 0.228 e. The Bertz CT molecular complexity index is 1080. The summed E-state index contributed by atoms with van der Waals surface area (Å²) in [7, 11) is -4.02. The van der Waals surface area contributed by atoms with Crippen LogP contribution < -0.4 is 5.32 Å². The van der Waals surface area contributed by atoms with Gasteiger partial charge >= 0.3 is 0 Å². The summed E-state index contributed by atoms with van der Waals surface area (Å²) < 4.78 is 31.6. The van der Waals surface area contributed by atoms with Crippen LogP contribution in [-0.2, 0) is 34.7 Å². The molecule has 0 bridgehead atoms. The zero-order chi connectivity index (χ0) is 22.9. The van der Waals surface area contributed by atoms with Gasteiger partial charge < -0.3 is 20.1 Å². The number of rotatable bonds is 6. The van der Waals surface area contributed by atoms with Crippen LogP contribution in [0.25, 0.3) is 0 Å². The number of carbonyl (C=O) groups excluding carboxylic acids is 3. The van der Waals surface area contributed by atoms with Crippen molar-refractivity contribution < 1.29 is 32.6 Å². The minimum Gasteiger partial charge on any atom is -0.506 e. The number of sulfone groups is 1. The van der Waals surface area contributed by atoms with E-state index in [2.05, 4.69) is 10.3 Å². The van der Waals surface area contributed by atoms with E-state index in [1.165, 1.54) is 18.3 Å². The Morgan fingerprint density at radius 2 is 1.94 bits per heavy atom. The molecule has 1 aromatic rings. The Kier molecular flexibility index (Phi) is 6.15. The summed E-state index contributed by atoms with van der Waals surface area (Å²) in [5.41, 5.74) is 0.419. The molecule has 12 heteroatoms. The zero-order valence-electron chi connectivity index (χ0n) is 17.3. The second-order valence-corrected chi connectivity index (χ2v) is 9.95. The number of hydrogen-bond acceptors (Lipinski definition) is 9. The Morgan fingerprint density at radius 1 is 1.22 bits per heavy atom. The van der Waals surface area contributed by atoms with Gasteiger partial charge in [0.05, 0.1) is 31.2 Å². The van der Waals surface area contributed by atoms with Crippen LogP contribution >= 0.6 is 0 Å². The maximum atomic E-state index is 13.2. The molecule has 0 aromatic carbocycles. The highest BCUT2D eigenvalue weighted by molar-refractivity contribution is 7.91. The highest BCUT2D eigenvalue weighted by Gasteiger charge is 2.48. The van der Waals surface area contributed by atoms with Crippen molar-refractivity contribution in [3.63, 3.8) is 0 Å². The first kappa shape index (κ1) is 22.2. The number of amides is 2. The lowest BCUT2D eigenvalue weighted by atomic mass is 10.2. The lowest BCUT2D eigenvalue weighted by Gasteiger charge is -2.28. The highest BCUT2D eigenvalue weighted by Crippen LogP contribution is 2.36. The monoisotopic (exact) mass is 464 g/mol. The molecule has 4 heterocycles. The van der Waals surface area contributed by atoms with Crippen LogP contribution in [0.4, 0.5) is 0 Å². The Balaban J connectivity index is 1.52. The van der Waals surface area contributed by atoms with Crippen molar-refractivity contribution in [3.05, 3.63) is 35.4 Å². The molecule has 32 heavy (non-hydrogen) atoms. The molecular formula is C20H24N4O7S. The summed E-state index contributed by atoms with van der Waals surface area (Å²) in [6, 6.07) is 2.80. The molecule has 3 aliphatic rings. The van der Waals surface area contributed by atoms with Crippen molar-refractivity contribution in [1.29, 1.82) is 0 Å². The number of aromatic hydroxyl groups is 1. The van der Waals surface area contributed by atoms with Crippen molar-refractivity contribution in [2.45, 2.75) is 30.4 Å². The second-order valence-electron chi connectivity index (χ2n) is 7.80. The topological polar surface area (TPSA) is 146 Å². The number of ketones is 1. The molecular weight excluding hydrogens is 440 g/mol. The number of ether oxygens (including phenoxy) is 1. The van der Waals surface area contributed by atoms with Crippen LogP contribution in [0.2, 0.25) is 0 Å². The van der Waals surface area contributed by atoms with Crippen molar-refractivity contribution in [3.8, 4) is 5.75 Å². The van der Waals surface area contributed by atoms with Crippen LogP contribution in [0.15, 0.2) is 29.7 Å². The van der Waals surface area contributed by atoms with E-state index in [1.807, 2.05) is 0 Å². The molecule has 0 aliphatic carbocycles. The van der Waals surface area contributed by atoms with E-state index in [9.17, 15) is 27.9 Å². The van der Waals surface area contributed by atoms with E-state index in [4.69, 9.17) is 4.74 Å². The first-order valence-corrected chi connectivity index (χ1v) is 12.0. The fraction of sp³-hybridized carbons (Fsp3) is 0.500. The van der Waals surface area contributed by atoms with Crippen LogP contribution in [0.3, 0.4) is 0 Å². The van der Waals surface area contributed by atoms with Crippen LogP contribution in [0, 0.1) is 0 Å². The van der Waals surface area contributed by atoms with Crippen LogP contribution in [0.1, 0.15) is 25.0 Å². The van der Waals surface area contributed by atoms with E-state index in [0.29, 0.717) is 32.0 Å². The number of carbonyl (C=O) groups is 3. The van der Waals surface area contributed by atoms with Gasteiger partial charge in [-0.2, -0.15) is 0 Å². The number of morpholine rings is 1. The average Bonchev–Trinajstić information content (AvgIpc) is 3.34. The Hall–Kier alpha value is -2.99. The van der Waals surface area contributed by atoms with Gasteiger partial charge in [-0.05, 0) is 12.1 Å². The van der Waals surface area contributed by atoms with Crippen molar-refractivity contribution in [2.75, 3.05) is 32.8 Å². The molecule has 1 unspecified atom stereocenters. The smallest absolute Gasteiger partial charge is 0.228 e. The summed E-state index contributed by atoms with van der Waals surface area (Å²) in [5, 5.41) is 11.5. The third-order valence-corrected chi connectivity index (χ3v) is 7.61. The SMILES string of the molecule is O=C1CNC2=C1N(C(=O)CCC(=O)N1CCOCC1)C(S(=O)(=O)Cc1ncccc1O)C2. The molecule has 1 atom stereocenters. The van der Waals surface area contributed by atoms with Gasteiger partial charge in [-0.25, -0.2) is 8.42 Å². The first-order chi connectivity index (χ1) is 15.3. The quantitative estimate of drug-likeness (QED) is 0.557. The van der Waals surface area contributed by atoms with Gasteiger partial charge in [-0.1, -0.05) is 0 Å². The summed E-state index contributed by atoms with van der Waals surface area (Å²) in [4.78, 5) is 44.4. The molecule has 172 valence electrons.